The first-order valence-corrected chi connectivity index (χ1v) is 7.13. The number of fused-ring (bicyclic) bond motifs is 5. The number of rotatable bonds is 0. The van der Waals surface area contributed by atoms with Crippen molar-refractivity contribution in [1.29, 1.82) is 0 Å². The van der Waals surface area contributed by atoms with Crippen molar-refractivity contribution in [2.45, 2.75) is 27.3 Å². The van der Waals surface area contributed by atoms with Gasteiger partial charge in [0.05, 0.1) is 17.5 Å². The van der Waals surface area contributed by atoms with Gasteiger partial charge in [-0.1, -0.05) is 12.1 Å². The van der Waals surface area contributed by atoms with Crippen molar-refractivity contribution in [3.05, 3.63) is 64.1 Å². The van der Waals surface area contributed by atoms with E-state index in [4.69, 9.17) is 6.57 Å². The molecule has 0 amide bonds. The van der Waals surface area contributed by atoms with Crippen LogP contribution in [0.25, 0.3) is 21.4 Å². The van der Waals surface area contributed by atoms with Crippen LogP contribution in [0.3, 0.4) is 0 Å². The highest BCUT2D eigenvalue weighted by atomic mass is 15.4. The van der Waals surface area contributed by atoms with Gasteiger partial charge in [0.2, 0.25) is 6.20 Å². The normalized spacial score (nSPS) is 12.3. The van der Waals surface area contributed by atoms with E-state index in [9.17, 15) is 0 Å². The molecular formula is C18H16N3+. The summed E-state index contributed by atoms with van der Waals surface area (Å²) in [5, 5.41) is 1.13. The summed E-state index contributed by atoms with van der Waals surface area (Å²) in [6, 6.07) is 8.19. The molecule has 1 aliphatic rings. The highest BCUT2D eigenvalue weighted by molar-refractivity contribution is 5.84. The van der Waals surface area contributed by atoms with Gasteiger partial charge >= 0.3 is 0 Å². The molecule has 1 aromatic heterocycles. The van der Waals surface area contributed by atoms with E-state index in [2.05, 4.69) is 53.3 Å². The first-order chi connectivity index (χ1) is 10.1. The first-order valence-electron chi connectivity index (χ1n) is 7.13. The predicted octanol–water partition coefficient (Wildman–Crippen LogP) is 3.76. The Morgan fingerprint density at radius 1 is 1.14 bits per heavy atom. The zero-order valence-corrected chi connectivity index (χ0v) is 12.4. The second kappa shape index (κ2) is 3.95. The van der Waals surface area contributed by atoms with Crippen molar-refractivity contribution >= 4 is 16.6 Å². The Kier molecular flexibility index (Phi) is 2.29. The number of aromatic nitrogens is 2. The van der Waals surface area contributed by atoms with E-state index in [0.717, 1.165) is 11.9 Å². The third-order valence-electron chi connectivity index (χ3n) is 4.58. The lowest BCUT2D eigenvalue weighted by atomic mass is 9.98. The number of benzene rings is 2. The summed E-state index contributed by atoms with van der Waals surface area (Å²) >= 11 is 0. The van der Waals surface area contributed by atoms with E-state index >= 15 is 0 Å². The molecule has 1 aliphatic heterocycles. The van der Waals surface area contributed by atoms with Crippen LogP contribution >= 0.6 is 0 Å². The highest BCUT2D eigenvalue weighted by Crippen LogP contribution is 2.32. The smallest absolute Gasteiger partial charge is 0.203 e. The van der Waals surface area contributed by atoms with Crippen molar-refractivity contribution in [3.8, 4) is 5.69 Å². The van der Waals surface area contributed by atoms with Crippen molar-refractivity contribution in [2.75, 3.05) is 0 Å². The second-order valence-electron chi connectivity index (χ2n) is 5.86. The molecule has 3 nitrogen and oxygen atoms in total. The summed E-state index contributed by atoms with van der Waals surface area (Å²) in [4.78, 5) is 3.52. The molecule has 0 N–H and O–H groups in total. The highest BCUT2D eigenvalue weighted by Gasteiger charge is 2.31. The molecule has 102 valence electrons. The molecule has 0 radical (unpaired) electrons. The minimum atomic E-state index is 0.699. The molecule has 21 heavy (non-hydrogen) atoms. The standard InChI is InChI=1S/C18H16N3/c1-11-7-12(2)18-16(13(11)3)10-20-9-14-8-15(19-4)5-6-17(14)21(18)20/h5-9H,10H2,1-3H3/q+1. The zero-order valence-electron chi connectivity index (χ0n) is 12.4. The molecule has 0 bridgehead atoms. The minimum Gasteiger partial charge on any atom is -0.238 e. The molecule has 0 saturated heterocycles. The Balaban J connectivity index is 2.08. The van der Waals surface area contributed by atoms with E-state index in [1.54, 1.807) is 0 Å². The SMILES string of the molecule is [C-]#[N+]c1ccc2c(c1)c[n+]1n2-c2c(C)cc(C)c(C)c2C1. The van der Waals surface area contributed by atoms with Crippen LogP contribution in [0, 0.1) is 27.3 Å². The van der Waals surface area contributed by atoms with E-state index in [-0.39, 0.29) is 0 Å². The third kappa shape index (κ3) is 1.50. The summed E-state index contributed by atoms with van der Waals surface area (Å²) < 4.78 is 4.54. The van der Waals surface area contributed by atoms with E-state index in [1.807, 2.05) is 12.1 Å². The van der Waals surface area contributed by atoms with Crippen LogP contribution in [0.5, 0.6) is 0 Å². The van der Waals surface area contributed by atoms with Gasteiger partial charge in [-0.25, -0.2) is 4.85 Å². The fourth-order valence-corrected chi connectivity index (χ4v) is 3.43. The quantitative estimate of drug-likeness (QED) is 0.342. The van der Waals surface area contributed by atoms with Gasteiger partial charge in [-0.15, -0.1) is 9.36 Å². The summed E-state index contributed by atoms with van der Waals surface area (Å²) in [6.07, 6.45) is 2.15. The fourth-order valence-electron chi connectivity index (χ4n) is 3.43. The van der Waals surface area contributed by atoms with Crippen LogP contribution in [0.2, 0.25) is 0 Å². The summed E-state index contributed by atoms with van der Waals surface area (Å²) in [5.74, 6) is 0. The van der Waals surface area contributed by atoms with Gasteiger partial charge in [0.1, 0.15) is 11.2 Å². The largest absolute Gasteiger partial charge is 0.238 e. The summed E-state index contributed by atoms with van der Waals surface area (Å²) in [5.41, 5.74) is 8.66. The number of hydrogen-bond acceptors (Lipinski definition) is 0. The van der Waals surface area contributed by atoms with Crippen molar-refractivity contribution in [1.82, 2.24) is 4.68 Å². The van der Waals surface area contributed by atoms with Crippen molar-refractivity contribution in [2.24, 2.45) is 0 Å². The maximum Gasteiger partial charge on any atom is 0.203 e. The molecule has 3 aromatic rings. The molecule has 0 aliphatic carbocycles. The molecule has 2 aromatic carbocycles. The molecule has 4 rings (SSSR count). The topological polar surface area (TPSA) is 13.2 Å². The average Bonchev–Trinajstić information content (AvgIpc) is 2.99. The maximum atomic E-state index is 7.15. The Morgan fingerprint density at radius 3 is 2.71 bits per heavy atom. The third-order valence-corrected chi connectivity index (χ3v) is 4.58. The minimum absolute atomic E-state index is 0.699. The van der Waals surface area contributed by atoms with Gasteiger partial charge in [-0.05, 0) is 49.6 Å². The Morgan fingerprint density at radius 2 is 1.95 bits per heavy atom. The number of hydrogen-bond donors (Lipinski definition) is 0. The van der Waals surface area contributed by atoms with Crippen LogP contribution in [-0.2, 0) is 6.54 Å². The molecule has 3 heteroatoms. The van der Waals surface area contributed by atoms with Gasteiger partial charge in [0.25, 0.3) is 0 Å². The number of nitrogens with zero attached hydrogens (tertiary/aromatic N) is 3. The van der Waals surface area contributed by atoms with E-state index in [0.29, 0.717) is 5.69 Å². The van der Waals surface area contributed by atoms with Crippen LogP contribution in [0.1, 0.15) is 22.3 Å². The van der Waals surface area contributed by atoms with Gasteiger partial charge in [-0.2, -0.15) is 0 Å². The summed E-state index contributed by atoms with van der Waals surface area (Å²) in [6.45, 7) is 14.6. The number of aryl methyl sites for hydroxylation is 2. The molecule has 0 fully saturated rings. The first kappa shape index (κ1) is 12.2. The maximum absolute atomic E-state index is 7.15. The van der Waals surface area contributed by atoms with Gasteiger partial charge in [0.15, 0.2) is 12.2 Å². The lowest BCUT2D eigenvalue weighted by Gasteiger charge is -2.08. The monoisotopic (exact) mass is 274 g/mol. The lowest BCUT2D eigenvalue weighted by molar-refractivity contribution is -0.749. The van der Waals surface area contributed by atoms with Crippen LogP contribution in [-0.4, -0.2) is 4.68 Å². The molecular weight excluding hydrogens is 258 g/mol. The molecule has 2 heterocycles. The Labute approximate surface area is 123 Å². The van der Waals surface area contributed by atoms with Crippen LogP contribution < -0.4 is 4.68 Å². The van der Waals surface area contributed by atoms with E-state index in [1.165, 1.54) is 33.5 Å². The van der Waals surface area contributed by atoms with Gasteiger partial charge in [-0.3, -0.25) is 0 Å². The van der Waals surface area contributed by atoms with Gasteiger partial charge < -0.3 is 0 Å². The van der Waals surface area contributed by atoms with Crippen molar-refractivity contribution < 1.29 is 4.68 Å². The Hall–Kier alpha value is -2.60. The lowest BCUT2D eigenvalue weighted by Crippen LogP contribution is -2.36. The molecule has 0 atom stereocenters. The van der Waals surface area contributed by atoms with Crippen molar-refractivity contribution in [3.63, 3.8) is 0 Å². The van der Waals surface area contributed by atoms with Crippen LogP contribution in [0.15, 0.2) is 30.5 Å². The van der Waals surface area contributed by atoms with Crippen LogP contribution in [0.4, 0.5) is 5.69 Å². The molecule has 0 spiro atoms. The summed E-state index contributed by atoms with van der Waals surface area (Å²) in [7, 11) is 0. The fraction of sp³-hybridized carbons (Fsp3) is 0.222. The Bertz CT molecular complexity index is 955. The average molecular weight is 274 g/mol. The molecule has 0 unspecified atom stereocenters. The van der Waals surface area contributed by atoms with E-state index < -0.39 is 0 Å². The van der Waals surface area contributed by atoms with Gasteiger partial charge in [0, 0.05) is 0 Å². The zero-order chi connectivity index (χ0) is 14.7. The predicted molar refractivity (Wildman–Crippen MR) is 83.0 cm³/mol. The second-order valence-corrected chi connectivity index (χ2v) is 5.86. The molecule has 0 saturated carbocycles.